The second-order valence-electron chi connectivity index (χ2n) is 2.74. The van der Waals surface area contributed by atoms with Crippen molar-refractivity contribution in [3.8, 4) is 0 Å². The first-order valence-electron chi connectivity index (χ1n) is 2.31. The maximum absolute atomic E-state index is 8.51. The van der Waals surface area contributed by atoms with Gasteiger partial charge in [0, 0.05) is 0 Å². The van der Waals surface area contributed by atoms with E-state index in [0.29, 0.717) is 0 Å². The van der Waals surface area contributed by atoms with Crippen LogP contribution >= 0.6 is 0 Å². The first-order chi connectivity index (χ1) is 2.94. The second kappa shape index (κ2) is 1.98. The summed E-state index contributed by atoms with van der Waals surface area (Å²) in [4.78, 5) is 0. The summed E-state index contributed by atoms with van der Waals surface area (Å²) in [5.41, 5.74) is 0. The molecule has 0 aliphatic carbocycles. The first-order valence-corrected chi connectivity index (χ1v) is 5.88. The molecule has 0 aromatic carbocycles. The van der Waals surface area contributed by atoms with Crippen LogP contribution in [0, 0.1) is 0 Å². The zero-order valence-corrected chi connectivity index (χ0v) is 5.97. The smallest absolute Gasteiger partial charge is 0.426 e. The van der Waals surface area contributed by atoms with Crippen LogP contribution < -0.4 is 0 Å². The van der Waals surface area contributed by atoms with Crippen LogP contribution in [-0.4, -0.2) is 24.7 Å². The molecule has 0 aromatic rings. The lowest BCUT2D eigenvalue weighted by molar-refractivity contribution is 0.431. The van der Waals surface area contributed by atoms with Crippen LogP contribution in [0.2, 0.25) is 19.6 Å². The molecule has 0 radical (unpaired) electrons. The van der Waals surface area contributed by atoms with Gasteiger partial charge < -0.3 is 10.0 Å². The minimum Gasteiger partial charge on any atom is -0.430 e. The van der Waals surface area contributed by atoms with Gasteiger partial charge in [0.25, 0.3) is 0 Å². The fraction of sp³-hybridized carbons (Fsp3) is 1.00. The van der Waals surface area contributed by atoms with Crippen LogP contribution in [-0.2, 0) is 0 Å². The van der Waals surface area contributed by atoms with Gasteiger partial charge in [0.1, 0.15) is 0 Å². The van der Waals surface area contributed by atoms with Crippen molar-refractivity contribution in [1.82, 2.24) is 0 Å². The third kappa shape index (κ3) is 2.85. The lowest BCUT2D eigenvalue weighted by Gasteiger charge is -2.11. The molecule has 0 saturated heterocycles. The molecule has 0 fully saturated rings. The molecule has 2 N–H and O–H groups in total. The Labute approximate surface area is 45.3 Å². The molecule has 0 rings (SSSR count). The number of hydrogen-bond donors (Lipinski definition) is 2. The van der Waals surface area contributed by atoms with Gasteiger partial charge in [0.2, 0.25) is 0 Å². The first kappa shape index (κ1) is 7.20. The van der Waals surface area contributed by atoms with Crippen molar-refractivity contribution < 1.29 is 10.0 Å². The maximum Gasteiger partial charge on any atom is 0.426 e. The molecule has 0 aliphatic heterocycles. The summed E-state index contributed by atoms with van der Waals surface area (Å²) in [6.45, 7) is 4.64. The third-order valence-electron chi connectivity index (χ3n) is 0.775. The average Bonchev–Trinajstić information content (AvgIpc) is 1.31. The van der Waals surface area contributed by atoms with E-state index in [-0.39, 0.29) is 0 Å². The molecular weight excluding hydrogens is 107 g/mol. The highest BCUT2D eigenvalue weighted by atomic mass is 28.3. The van der Waals surface area contributed by atoms with Crippen molar-refractivity contribution in [3.63, 3.8) is 0 Å². The van der Waals surface area contributed by atoms with Crippen molar-refractivity contribution in [3.05, 3.63) is 0 Å². The van der Waals surface area contributed by atoms with Crippen molar-refractivity contribution in [1.29, 1.82) is 0 Å². The fourth-order valence-electron chi connectivity index (χ4n) is 0. The molecule has 7 heavy (non-hydrogen) atoms. The summed E-state index contributed by atoms with van der Waals surface area (Å²) in [5, 5.41) is 17.0. The van der Waals surface area contributed by atoms with E-state index < -0.39 is 14.7 Å². The van der Waals surface area contributed by atoms with Gasteiger partial charge in [-0.3, -0.25) is 0 Å². The largest absolute Gasteiger partial charge is 0.430 e. The Balaban J connectivity index is 3.54. The van der Waals surface area contributed by atoms with Gasteiger partial charge in [-0.25, -0.2) is 0 Å². The molecule has 0 atom stereocenters. The van der Waals surface area contributed by atoms with Gasteiger partial charge in [0.05, 0.1) is 7.94 Å². The average molecular weight is 118 g/mol. The summed E-state index contributed by atoms with van der Waals surface area (Å²) in [7, 11) is -1.62. The Hall–Kier alpha value is 0.202. The van der Waals surface area contributed by atoms with E-state index in [9.17, 15) is 0 Å². The molecule has 0 aromatic heterocycles. The molecule has 0 spiro atoms. The maximum atomic E-state index is 8.51. The number of rotatable bonds is 1. The van der Waals surface area contributed by atoms with Crippen molar-refractivity contribution in [2.45, 2.75) is 19.6 Å². The Kier molecular flexibility index (Phi) is 2.04. The molecule has 0 aliphatic rings. The topological polar surface area (TPSA) is 40.5 Å². The second-order valence-corrected chi connectivity index (χ2v) is 7.99. The molecule has 0 saturated carbocycles. The third-order valence-corrected chi connectivity index (χ3v) is 2.32. The van der Waals surface area contributed by atoms with Crippen molar-refractivity contribution >= 4 is 14.7 Å². The van der Waals surface area contributed by atoms with Crippen LogP contribution in [0.15, 0.2) is 0 Å². The van der Waals surface area contributed by atoms with E-state index >= 15 is 0 Å². The SMILES string of the molecule is C[Si](C)(C)B(O)O. The molecule has 2 nitrogen and oxygen atoms in total. The summed E-state index contributed by atoms with van der Waals surface area (Å²) in [6.07, 6.45) is 0. The number of hydrogen-bond acceptors (Lipinski definition) is 2. The van der Waals surface area contributed by atoms with E-state index in [1.165, 1.54) is 0 Å². The summed E-state index contributed by atoms with van der Waals surface area (Å²) in [6, 6.07) is 0. The lowest BCUT2D eigenvalue weighted by atomic mass is 10.4. The van der Waals surface area contributed by atoms with Crippen LogP contribution in [0.25, 0.3) is 0 Å². The minimum atomic E-state index is -1.62. The highest BCUT2D eigenvalue weighted by Gasteiger charge is 2.28. The normalized spacial score (nSPS) is 11.6. The zero-order chi connectivity index (χ0) is 6.08. The van der Waals surface area contributed by atoms with Crippen LogP contribution in [0.3, 0.4) is 0 Å². The summed E-state index contributed by atoms with van der Waals surface area (Å²) < 4.78 is 0. The van der Waals surface area contributed by atoms with Crippen molar-refractivity contribution in [2.24, 2.45) is 0 Å². The van der Waals surface area contributed by atoms with Crippen LogP contribution in [0.4, 0.5) is 0 Å². The van der Waals surface area contributed by atoms with Crippen LogP contribution in [0.1, 0.15) is 0 Å². The Morgan fingerprint density at radius 2 is 1.29 bits per heavy atom. The van der Waals surface area contributed by atoms with Gasteiger partial charge in [-0.2, -0.15) is 0 Å². The van der Waals surface area contributed by atoms with E-state index in [1.54, 1.807) is 0 Å². The summed E-state index contributed by atoms with van der Waals surface area (Å²) in [5.74, 6) is 0. The Morgan fingerprint density at radius 1 is 1.14 bits per heavy atom. The highest BCUT2D eigenvalue weighted by Crippen LogP contribution is 1.99. The molecule has 42 valence electrons. The molecule has 0 amide bonds. The standard InChI is InChI=1S/C3H11BO2Si/c1-7(2,3)4(5)6/h5-6H,1-3H3. The predicted octanol–water partition coefficient (Wildman–Crippen LogP) is -0.124. The van der Waals surface area contributed by atoms with E-state index in [4.69, 9.17) is 10.0 Å². The van der Waals surface area contributed by atoms with Gasteiger partial charge >= 0.3 is 6.71 Å². The van der Waals surface area contributed by atoms with Crippen molar-refractivity contribution in [2.75, 3.05) is 0 Å². The van der Waals surface area contributed by atoms with E-state index in [2.05, 4.69) is 0 Å². The van der Waals surface area contributed by atoms with Gasteiger partial charge in [0.15, 0.2) is 0 Å². The summed E-state index contributed by atoms with van der Waals surface area (Å²) >= 11 is 0. The van der Waals surface area contributed by atoms with Gasteiger partial charge in [-0.1, -0.05) is 19.6 Å². The van der Waals surface area contributed by atoms with E-state index in [0.717, 1.165) is 0 Å². The van der Waals surface area contributed by atoms with E-state index in [1.807, 2.05) is 19.6 Å². The van der Waals surface area contributed by atoms with Gasteiger partial charge in [-0.15, -0.1) is 0 Å². The predicted molar refractivity (Wildman–Crippen MR) is 33.5 cm³/mol. The van der Waals surface area contributed by atoms with Gasteiger partial charge in [-0.05, 0) is 0 Å². The lowest BCUT2D eigenvalue weighted by Crippen LogP contribution is -2.42. The highest BCUT2D eigenvalue weighted by molar-refractivity contribution is 7.25. The Morgan fingerprint density at radius 3 is 1.29 bits per heavy atom. The molecule has 0 unspecified atom stereocenters. The quantitative estimate of drug-likeness (QED) is 0.471. The zero-order valence-electron chi connectivity index (χ0n) is 4.97. The van der Waals surface area contributed by atoms with Crippen LogP contribution in [0.5, 0.6) is 0 Å². The molecule has 0 bridgehead atoms. The Bertz CT molecular complexity index is 58.4. The molecule has 0 heterocycles. The monoisotopic (exact) mass is 118 g/mol. The minimum absolute atomic E-state index is 1.06. The fourth-order valence-corrected chi connectivity index (χ4v) is 0. The molecular formula is C3H11BO2Si. The molecule has 4 heteroatoms.